The first kappa shape index (κ1) is 48.6. The standard InChI is InChI=1S/C15H21NO4.2C4H8N2S4.Mn.Zn/c1-10-7-6-8-11(2)14(10)16(13(17)9-19-4)12(3)15(18)20-5;2*7-3(8)5-1-2-6-4(9)10;;/h6-8,12H,9H2,1-5H3;2*1-2H2,(H2,5,7,8)(H2,6,9,10);;/q;;;2*+2/p-4. The largest absolute Gasteiger partial charge is 2.00 e. The van der Waals surface area contributed by atoms with Gasteiger partial charge in [-0.15, -0.1) is 0 Å². The average molecular weight is 820 g/mol. The minimum Gasteiger partial charge on any atom is -0.467 e. The summed E-state index contributed by atoms with van der Waals surface area (Å²) in [6.45, 7) is 8.02. The van der Waals surface area contributed by atoms with Crippen LogP contribution in [-0.2, 0) is 106 Å². The summed E-state index contributed by atoms with van der Waals surface area (Å²) in [7, 11) is 2.76. The van der Waals surface area contributed by atoms with Gasteiger partial charge in [0, 0.05) is 33.3 Å². The topological polar surface area (TPSA) is 104 Å². The van der Waals surface area contributed by atoms with Crippen molar-refractivity contribution in [3.8, 4) is 0 Å². The third kappa shape index (κ3) is 25.1. The van der Waals surface area contributed by atoms with E-state index < -0.39 is 12.0 Å². The summed E-state index contributed by atoms with van der Waals surface area (Å²) in [6.07, 6.45) is 0. The van der Waals surface area contributed by atoms with Crippen LogP contribution in [0, 0.1) is 13.8 Å². The number of anilines is 1. The number of benzene rings is 1. The number of thiocarbonyl (C=S) groups is 4. The Morgan fingerprint density at radius 1 is 0.810 bits per heavy atom. The van der Waals surface area contributed by atoms with E-state index in [-0.39, 0.29) is 49.1 Å². The van der Waals surface area contributed by atoms with Crippen LogP contribution in [0.25, 0.3) is 0 Å². The molecule has 1 atom stereocenters. The molecule has 1 amide bonds. The van der Waals surface area contributed by atoms with Gasteiger partial charge in [0.1, 0.15) is 12.6 Å². The quantitative estimate of drug-likeness (QED) is 0.0853. The van der Waals surface area contributed by atoms with Crippen molar-refractivity contribution in [1.82, 2.24) is 21.3 Å². The summed E-state index contributed by atoms with van der Waals surface area (Å²) >= 11 is 36.7. The van der Waals surface area contributed by atoms with Crippen molar-refractivity contribution in [2.45, 2.75) is 26.8 Å². The Balaban J connectivity index is -0.000000280. The fourth-order valence-electron chi connectivity index (χ4n) is 2.85. The molecule has 0 aliphatic rings. The Morgan fingerprint density at radius 3 is 1.40 bits per heavy atom. The van der Waals surface area contributed by atoms with Gasteiger partial charge in [-0.3, -0.25) is 9.69 Å². The van der Waals surface area contributed by atoms with Gasteiger partial charge in [0.2, 0.25) is 0 Å². The number of carbonyl (C=O) groups excluding carboxylic acids is 2. The maximum absolute atomic E-state index is 12.3. The molecule has 42 heavy (non-hydrogen) atoms. The maximum Gasteiger partial charge on any atom is 2.00 e. The molecule has 0 saturated heterocycles. The van der Waals surface area contributed by atoms with Gasteiger partial charge in [0.05, 0.1) is 12.8 Å². The smallest absolute Gasteiger partial charge is 0.467 e. The van der Waals surface area contributed by atoms with Crippen LogP contribution in [0.4, 0.5) is 5.69 Å². The Bertz CT molecular complexity index is 929. The summed E-state index contributed by atoms with van der Waals surface area (Å²) in [5.41, 5.74) is 2.57. The van der Waals surface area contributed by atoms with E-state index in [2.05, 4.69) is 121 Å². The van der Waals surface area contributed by atoms with Crippen LogP contribution in [0.1, 0.15) is 18.1 Å². The van der Waals surface area contributed by atoms with Crippen LogP contribution in [0.2, 0.25) is 0 Å². The van der Waals surface area contributed by atoms with E-state index in [4.69, 9.17) is 9.47 Å². The number of amides is 1. The number of nitrogens with one attached hydrogen (secondary N) is 4. The van der Waals surface area contributed by atoms with E-state index in [1.807, 2.05) is 32.0 Å². The molecule has 1 unspecified atom stereocenters. The maximum atomic E-state index is 12.3. The average Bonchev–Trinajstić information content (AvgIpc) is 2.86. The van der Waals surface area contributed by atoms with Gasteiger partial charge in [-0.25, -0.2) is 4.79 Å². The molecule has 4 N–H and O–H groups in total. The summed E-state index contributed by atoms with van der Waals surface area (Å²) in [6, 6.07) is 5.01. The van der Waals surface area contributed by atoms with Gasteiger partial charge < -0.3 is 130 Å². The van der Waals surface area contributed by atoms with E-state index in [1.165, 1.54) is 19.1 Å². The van der Waals surface area contributed by atoms with E-state index in [1.54, 1.807) is 6.92 Å². The van der Waals surface area contributed by atoms with Gasteiger partial charge in [-0.2, -0.15) is 0 Å². The van der Waals surface area contributed by atoms with Crippen molar-refractivity contribution in [3.05, 3.63) is 29.3 Å². The molecule has 1 radical (unpaired) electrons. The zero-order valence-corrected chi connectivity index (χ0v) is 34.5. The number of esters is 1. The Morgan fingerprint density at radius 2 is 1.14 bits per heavy atom. The van der Waals surface area contributed by atoms with Gasteiger partial charge in [0.25, 0.3) is 5.91 Å². The summed E-state index contributed by atoms with van der Waals surface area (Å²) in [5.74, 6) is -0.736. The third-order valence-electron chi connectivity index (χ3n) is 4.47. The monoisotopic (exact) mass is 818 g/mol. The molecule has 0 fully saturated rings. The third-order valence-corrected chi connectivity index (χ3v) is 5.63. The van der Waals surface area contributed by atoms with Crippen molar-refractivity contribution in [1.29, 1.82) is 0 Å². The summed E-state index contributed by atoms with van der Waals surface area (Å²) < 4.78 is 11.1. The fraction of sp³-hybridized carbons (Fsp3) is 0.478. The molecule has 0 aromatic heterocycles. The molecule has 231 valence electrons. The van der Waals surface area contributed by atoms with Gasteiger partial charge >= 0.3 is 42.5 Å². The number of methoxy groups -OCH3 is 2. The van der Waals surface area contributed by atoms with Crippen molar-refractivity contribution in [2.24, 2.45) is 0 Å². The molecule has 0 aliphatic heterocycles. The second-order valence-corrected chi connectivity index (χ2v) is 11.8. The second-order valence-electron chi connectivity index (χ2n) is 7.49. The van der Waals surface area contributed by atoms with Crippen LogP contribution in [0.5, 0.6) is 0 Å². The van der Waals surface area contributed by atoms with Crippen LogP contribution in [0.3, 0.4) is 0 Å². The summed E-state index contributed by atoms with van der Waals surface area (Å²) in [4.78, 5) is 25.5. The number of ether oxygens (including phenoxy) is 2. The van der Waals surface area contributed by atoms with Gasteiger partial charge in [-0.05, 0) is 31.9 Å². The number of carbonyl (C=O) groups is 2. The zero-order chi connectivity index (χ0) is 31.3. The van der Waals surface area contributed by atoms with Crippen LogP contribution in [-0.4, -0.2) is 82.2 Å². The number of aryl methyl sites for hydroxylation is 2. The molecule has 9 nitrogen and oxygen atoms in total. The normalized spacial score (nSPS) is 9.64. The second kappa shape index (κ2) is 29.4. The first-order valence-electron chi connectivity index (χ1n) is 11.4. The number of rotatable bonds is 11. The minimum absolute atomic E-state index is 0. The number of hydrogen-bond donors (Lipinski definition) is 4. The molecule has 1 aromatic rings. The molecule has 0 spiro atoms. The Labute approximate surface area is 316 Å². The predicted octanol–water partition coefficient (Wildman–Crippen LogP) is 1.50. The minimum atomic E-state index is -0.706. The number of para-hydroxylation sites is 1. The van der Waals surface area contributed by atoms with Crippen LogP contribution in [0.15, 0.2) is 18.2 Å². The van der Waals surface area contributed by atoms with E-state index in [0.717, 1.165) is 16.8 Å². The molecule has 1 rings (SSSR count). The number of nitrogens with zero attached hydrogens (tertiary/aromatic N) is 1. The fourth-order valence-corrected chi connectivity index (χ4v) is 3.66. The van der Waals surface area contributed by atoms with Crippen molar-refractivity contribution >= 4 is 134 Å². The first-order valence-corrected chi connectivity index (χ1v) is 14.7. The Hall–Kier alpha value is -0.297. The molecule has 0 heterocycles. The van der Waals surface area contributed by atoms with Crippen LogP contribution >= 0.6 is 48.9 Å². The molecular weight excluding hydrogens is 787 g/mol. The van der Waals surface area contributed by atoms with Crippen molar-refractivity contribution in [3.63, 3.8) is 0 Å². The van der Waals surface area contributed by atoms with E-state index >= 15 is 0 Å². The SMILES string of the molecule is COCC(=O)N(c1c(C)cccc1C)C(C)C(=O)OC.S=C([S-])NCCNC(=S)[S-].S=C([S-])NCCNC(=S)[S-].[Mn+2].[Zn+2]. The molecular formula is C23H33MnN5O4S8Zn. The van der Waals surface area contributed by atoms with Gasteiger partial charge in [0.15, 0.2) is 0 Å². The molecule has 19 heteroatoms. The number of hydrogen-bond acceptors (Lipinski definition) is 12. The van der Waals surface area contributed by atoms with Gasteiger partial charge in [-0.1, -0.05) is 35.5 Å². The molecule has 0 saturated carbocycles. The molecule has 1 aromatic carbocycles. The van der Waals surface area contributed by atoms with Crippen molar-refractivity contribution in [2.75, 3.05) is 51.9 Å². The Kier molecular flexibility index (Phi) is 34.0. The first-order chi connectivity index (χ1) is 18.7. The van der Waals surface area contributed by atoms with Crippen molar-refractivity contribution < 1.29 is 55.6 Å². The molecule has 0 aliphatic carbocycles. The predicted molar refractivity (Wildman–Crippen MR) is 189 cm³/mol. The van der Waals surface area contributed by atoms with E-state index in [9.17, 15) is 9.59 Å². The summed E-state index contributed by atoms with van der Waals surface area (Å²) in [5, 5.41) is 11.1. The molecule has 0 bridgehead atoms. The van der Waals surface area contributed by atoms with Crippen LogP contribution < -0.4 is 26.2 Å². The van der Waals surface area contributed by atoms with E-state index in [0.29, 0.717) is 43.5 Å². The zero-order valence-electron chi connectivity index (χ0n) is 23.8.